The van der Waals surface area contributed by atoms with Crippen LogP contribution >= 0.6 is 0 Å². The van der Waals surface area contributed by atoms with Gasteiger partial charge in [-0.05, 0) is 6.07 Å². The van der Waals surface area contributed by atoms with Gasteiger partial charge in [-0.3, -0.25) is 4.79 Å². The first-order valence-corrected chi connectivity index (χ1v) is 4.17. The van der Waals surface area contributed by atoms with E-state index in [9.17, 15) is 22.8 Å². The first-order valence-electron chi connectivity index (χ1n) is 4.17. The van der Waals surface area contributed by atoms with Crippen LogP contribution in [0, 0.1) is 11.8 Å². The third-order valence-electron chi connectivity index (χ3n) is 1.63. The number of carbonyl (C=O) groups is 1. The summed E-state index contributed by atoms with van der Waals surface area (Å²) < 4.78 is 36.9. The van der Waals surface area contributed by atoms with E-state index < -0.39 is 17.3 Å². The SMILES string of the molecule is O=CCC#Cc1c[nH]c(=O)c(C(F)(F)F)c1. The van der Waals surface area contributed by atoms with Crippen LogP contribution in [0.25, 0.3) is 0 Å². The molecule has 0 saturated heterocycles. The number of aromatic nitrogens is 1. The van der Waals surface area contributed by atoms with E-state index in [2.05, 4.69) is 11.8 Å². The fourth-order valence-electron chi connectivity index (χ4n) is 0.961. The van der Waals surface area contributed by atoms with Crippen molar-refractivity contribution in [3.05, 3.63) is 33.7 Å². The molecular weight excluding hydrogens is 223 g/mol. The second-order valence-electron chi connectivity index (χ2n) is 2.80. The molecular formula is C10H6F3NO2. The largest absolute Gasteiger partial charge is 0.421 e. The lowest BCUT2D eigenvalue weighted by molar-refractivity contribution is -0.138. The molecule has 1 heterocycles. The predicted molar refractivity (Wildman–Crippen MR) is 49.6 cm³/mol. The number of rotatable bonds is 1. The van der Waals surface area contributed by atoms with Gasteiger partial charge >= 0.3 is 6.18 Å². The zero-order valence-electron chi connectivity index (χ0n) is 7.89. The van der Waals surface area contributed by atoms with Crippen molar-refractivity contribution in [2.24, 2.45) is 0 Å². The number of hydrogen-bond acceptors (Lipinski definition) is 2. The highest BCUT2D eigenvalue weighted by molar-refractivity contribution is 5.54. The van der Waals surface area contributed by atoms with Crippen LogP contribution in [-0.2, 0) is 11.0 Å². The molecule has 3 nitrogen and oxygen atoms in total. The Kier molecular flexibility index (Phi) is 3.51. The second-order valence-corrected chi connectivity index (χ2v) is 2.80. The molecule has 1 aromatic heterocycles. The van der Waals surface area contributed by atoms with E-state index in [0.29, 0.717) is 12.4 Å². The summed E-state index contributed by atoms with van der Waals surface area (Å²) in [5.41, 5.74) is -2.51. The first-order chi connectivity index (χ1) is 7.45. The number of aldehydes is 1. The number of nitrogens with one attached hydrogen (secondary N) is 1. The molecule has 1 aromatic rings. The van der Waals surface area contributed by atoms with Gasteiger partial charge in [-0.15, -0.1) is 0 Å². The molecule has 0 radical (unpaired) electrons. The van der Waals surface area contributed by atoms with Crippen molar-refractivity contribution < 1.29 is 18.0 Å². The molecule has 1 rings (SSSR count). The van der Waals surface area contributed by atoms with Crippen LogP contribution in [0.15, 0.2) is 17.1 Å². The van der Waals surface area contributed by atoms with Gasteiger partial charge in [0.15, 0.2) is 0 Å². The number of H-pyrrole nitrogens is 1. The molecule has 0 atom stereocenters. The van der Waals surface area contributed by atoms with Crippen LogP contribution in [0.5, 0.6) is 0 Å². The minimum Gasteiger partial charge on any atom is -0.327 e. The molecule has 0 fully saturated rings. The van der Waals surface area contributed by atoms with Gasteiger partial charge in [0.25, 0.3) is 5.56 Å². The summed E-state index contributed by atoms with van der Waals surface area (Å²) >= 11 is 0. The van der Waals surface area contributed by atoms with Gasteiger partial charge < -0.3 is 9.78 Å². The monoisotopic (exact) mass is 229 g/mol. The lowest BCUT2D eigenvalue weighted by Crippen LogP contribution is -2.21. The van der Waals surface area contributed by atoms with Gasteiger partial charge in [0.2, 0.25) is 0 Å². The molecule has 0 aliphatic heterocycles. The molecule has 1 N–H and O–H groups in total. The second kappa shape index (κ2) is 4.66. The third kappa shape index (κ3) is 2.98. The number of carbonyl (C=O) groups excluding carboxylic acids is 1. The summed E-state index contributed by atoms with van der Waals surface area (Å²) in [6.07, 6.45) is -3.19. The maximum atomic E-state index is 12.3. The zero-order chi connectivity index (χ0) is 12.2. The molecule has 0 amide bonds. The Morgan fingerprint density at radius 1 is 1.44 bits per heavy atom. The number of alkyl halides is 3. The molecule has 6 heteroatoms. The van der Waals surface area contributed by atoms with Crippen LogP contribution in [-0.4, -0.2) is 11.3 Å². The minimum absolute atomic E-state index is 0.00813. The summed E-state index contributed by atoms with van der Waals surface area (Å²) in [6.45, 7) is 0. The predicted octanol–water partition coefficient (Wildman–Crippen LogP) is 1.33. The van der Waals surface area contributed by atoms with Crippen molar-refractivity contribution >= 4 is 6.29 Å². The molecule has 0 spiro atoms. The van der Waals surface area contributed by atoms with E-state index in [1.807, 2.05) is 4.98 Å². The third-order valence-corrected chi connectivity index (χ3v) is 1.63. The normalized spacial score (nSPS) is 10.4. The maximum absolute atomic E-state index is 12.3. The van der Waals surface area contributed by atoms with E-state index >= 15 is 0 Å². The van der Waals surface area contributed by atoms with Gasteiger partial charge in [0, 0.05) is 11.8 Å². The van der Waals surface area contributed by atoms with Crippen LogP contribution in [0.4, 0.5) is 13.2 Å². The molecule has 84 valence electrons. The van der Waals surface area contributed by atoms with Crippen molar-refractivity contribution in [3.63, 3.8) is 0 Å². The van der Waals surface area contributed by atoms with Crippen LogP contribution in [0.2, 0.25) is 0 Å². The fraction of sp³-hybridized carbons (Fsp3) is 0.200. The highest BCUT2D eigenvalue weighted by atomic mass is 19.4. The van der Waals surface area contributed by atoms with Crippen molar-refractivity contribution in [1.82, 2.24) is 4.98 Å². The van der Waals surface area contributed by atoms with Crippen molar-refractivity contribution in [2.45, 2.75) is 12.6 Å². The van der Waals surface area contributed by atoms with Crippen LogP contribution in [0.3, 0.4) is 0 Å². The van der Waals surface area contributed by atoms with Crippen molar-refractivity contribution in [3.8, 4) is 11.8 Å². The average molecular weight is 229 g/mol. The topological polar surface area (TPSA) is 49.9 Å². The Morgan fingerprint density at radius 3 is 2.69 bits per heavy atom. The summed E-state index contributed by atoms with van der Waals surface area (Å²) in [5.74, 6) is 4.68. The molecule has 0 aromatic carbocycles. The van der Waals surface area contributed by atoms with Crippen molar-refractivity contribution in [1.29, 1.82) is 0 Å². The Balaban J connectivity index is 3.15. The number of halogens is 3. The summed E-state index contributed by atoms with van der Waals surface area (Å²) in [4.78, 5) is 22.7. The molecule has 0 saturated carbocycles. The minimum atomic E-state index is -4.71. The molecule has 0 aliphatic carbocycles. The van der Waals surface area contributed by atoms with E-state index in [1.165, 1.54) is 0 Å². The van der Waals surface area contributed by atoms with E-state index in [1.54, 1.807) is 0 Å². The van der Waals surface area contributed by atoms with Crippen LogP contribution in [0.1, 0.15) is 17.5 Å². The van der Waals surface area contributed by atoms with Crippen LogP contribution < -0.4 is 5.56 Å². The smallest absolute Gasteiger partial charge is 0.327 e. The highest BCUT2D eigenvalue weighted by Gasteiger charge is 2.33. The summed E-state index contributed by atoms with van der Waals surface area (Å²) in [7, 11) is 0. The number of hydrogen-bond donors (Lipinski definition) is 1. The average Bonchev–Trinajstić information content (AvgIpc) is 2.19. The van der Waals surface area contributed by atoms with Gasteiger partial charge in [-0.25, -0.2) is 0 Å². The summed E-state index contributed by atoms with van der Waals surface area (Å²) in [6, 6.07) is 0.649. The summed E-state index contributed by atoms with van der Waals surface area (Å²) in [5, 5.41) is 0. The van der Waals surface area contributed by atoms with E-state index in [0.717, 1.165) is 6.20 Å². The molecule has 16 heavy (non-hydrogen) atoms. The lowest BCUT2D eigenvalue weighted by Gasteiger charge is -2.04. The Labute approximate surface area is 88.3 Å². The zero-order valence-corrected chi connectivity index (χ0v) is 7.89. The fourth-order valence-corrected chi connectivity index (χ4v) is 0.961. The van der Waals surface area contributed by atoms with Gasteiger partial charge in [-0.2, -0.15) is 13.2 Å². The molecule has 0 bridgehead atoms. The van der Waals surface area contributed by atoms with Gasteiger partial charge in [0.1, 0.15) is 11.8 Å². The Bertz CT molecular complexity index is 505. The number of aromatic amines is 1. The maximum Gasteiger partial charge on any atom is 0.421 e. The van der Waals surface area contributed by atoms with E-state index in [-0.39, 0.29) is 12.0 Å². The standard InChI is InChI=1S/C10H6F3NO2/c11-10(12,13)8-5-7(3-1-2-4-15)6-14-9(8)16/h4-6H,2H2,(H,14,16). The Hall–Kier alpha value is -2.03. The van der Waals surface area contributed by atoms with Gasteiger partial charge in [0.05, 0.1) is 6.42 Å². The van der Waals surface area contributed by atoms with E-state index in [4.69, 9.17) is 0 Å². The van der Waals surface area contributed by atoms with Crippen molar-refractivity contribution in [2.75, 3.05) is 0 Å². The van der Waals surface area contributed by atoms with Gasteiger partial charge in [-0.1, -0.05) is 11.8 Å². The number of pyridine rings is 1. The molecule has 0 aliphatic rings. The molecule has 0 unspecified atom stereocenters. The first kappa shape index (κ1) is 12.0. The Morgan fingerprint density at radius 2 is 2.12 bits per heavy atom. The lowest BCUT2D eigenvalue weighted by atomic mass is 10.2. The quantitative estimate of drug-likeness (QED) is 0.583. The highest BCUT2D eigenvalue weighted by Crippen LogP contribution is 2.26.